The zero-order valence-electron chi connectivity index (χ0n) is 31.0. The smallest absolute Gasteiger partial charge is 0.0230 e. The summed E-state index contributed by atoms with van der Waals surface area (Å²) in [5, 5.41) is 0. The van der Waals surface area contributed by atoms with Crippen LogP contribution in [0.3, 0.4) is 0 Å². The number of rotatable bonds is 25. The molecule has 2 rings (SSSR count). The van der Waals surface area contributed by atoms with Gasteiger partial charge in [0.1, 0.15) is 0 Å². The first-order chi connectivity index (χ1) is 21.6. The first kappa shape index (κ1) is 42.4. The van der Waals surface area contributed by atoms with Crippen LogP contribution >= 0.6 is 0 Å². The van der Waals surface area contributed by atoms with Gasteiger partial charge < -0.3 is 4.90 Å². The van der Waals surface area contributed by atoms with Gasteiger partial charge in [-0.1, -0.05) is 218 Å². The minimum Gasteiger partial charge on any atom is -0.302 e. The van der Waals surface area contributed by atoms with Crippen LogP contribution in [0.4, 0.5) is 0 Å². The fourth-order valence-electron chi connectivity index (χ4n) is 5.73. The van der Waals surface area contributed by atoms with E-state index in [1.807, 2.05) is 13.8 Å². The molecule has 2 aromatic rings. The van der Waals surface area contributed by atoms with Crippen LogP contribution in [0.2, 0.25) is 0 Å². The molecule has 0 saturated heterocycles. The number of benzene rings is 2. The Bertz CT molecular complexity index is 796. The Morgan fingerprint density at radius 1 is 0.386 bits per heavy atom. The van der Waals surface area contributed by atoms with Crippen molar-refractivity contribution in [3.8, 4) is 11.1 Å². The summed E-state index contributed by atoms with van der Waals surface area (Å²) in [6, 6.07) is 18.1. The van der Waals surface area contributed by atoms with Gasteiger partial charge in [0.25, 0.3) is 0 Å². The van der Waals surface area contributed by atoms with Crippen LogP contribution < -0.4 is 0 Å². The van der Waals surface area contributed by atoms with Crippen LogP contribution in [0.15, 0.2) is 48.5 Å². The minimum atomic E-state index is 1.05. The van der Waals surface area contributed by atoms with E-state index in [9.17, 15) is 0 Å². The molecule has 0 radical (unpaired) electrons. The molecule has 0 aliphatic rings. The summed E-state index contributed by atoms with van der Waals surface area (Å²) in [5.74, 6) is 0. The number of aryl methyl sites for hydroxylation is 1. The summed E-state index contributed by atoms with van der Waals surface area (Å²) in [7, 11) is 2.26. The molecule has 0 unspecified atom stereocenters. The fourth-order valence-corrected chi connectivity index (χ4v) is 5.73. The average molecular weight is 608 g/mol. The van der Waals surface area contributed by atoms with E-state index in [4.69, 9.17) is 0 Å². The van der Waals surface area contributed by atoms with E-state index in [1.165, 1.54) is 164 Å². The van der Waals surface area contributed by atoms with Gasteiger partial charge in [0.2, 0.25) is 0 Å². The minimum absolute atomic E-state index is 1.05. The second-order valence-electron chi connectivity index (χ2n) is 12.8. The number of nitrogens with zero attached hydrogens (tertiary/aromatic N) is 1. The number of hydrogen-bond donors (Lipinski definition) is 0. The van der Waals surface area contributed by atoms with Crippen LogP contribution in [0.25, 0.3) is 11.1 Å². The van der Waals surface area contributed by atoms with Crippen molar-refractivity contribution >= 4 is 0 Å². The lowest BCUT2D eigenvalue weighted by atomic mass is 10.0. The Morgan fingerprint density at radius 2 is 0.682 bits per heavy atom. The van der Waals surface area contributed by atoms with Crippen molar-refractivity contribution in [2.24, 2.45) is 0 Å². The van der Waals surface area contributed by atoms with E-state index in [0.717, 1.165) is 13.0 Å². The van der Waals surface area contributed by atoms with Crippen molar-refractivity contribution in [2.45, 2.75) is 189 Å². The first-order valence-electron chi connectivity index (χ1n) is 19.5. The number of hydrogen-bond acceptors (Lipinski definition) is 1. The molecular formula is C43H77N. The highest BCUT2D eigenvalue weighted by molar-refractivity contribution is 5.63. The standard InChI is InChI=1S/C28H43N.C13H28.C2H6/c1-4-6-7-8-9-10-11-12-13-14-23-29(3)24-26-17-21-28(22-18-26)27-19-15-25(5-2)16-20-27;1-3-5-7-9-11-13-12-10-8-6-4-2;1-2/h15-22H,4-14,23-24H2,1-3H3;3-13H2,1-2H3;1-2H3. The lowest BCUT2D eigenvalue weighted by Crippen LogP contribution is -2.19. The SMILES string of the molecule is CC.CCCCCCCCCCCCC.CCCCCCCCCCCCN(C)Cc1ccc(-c2ccc(CC)cc2)cc1. The van der Waals surface area contributed by atoms with Crippen LogP contribution in [0, 0.1) is 0 Å². The van der Waals surface area contributed by atoms with Gasteiger partial charge in [0.05, 0.1) is 0 Å². The van der Waals surface area contributed by atoms with Gasteiger partial charge in [-0.25, -0.2) is 0 Å². The highest BCUT2D eigenvalue weighted by atomic mass is 15.1. The van der Waals surface area contributed by atoms with E-state index in [1.54, 1.807) is 0 Å². The topological polar surface area (TPSA) is 3.24 Å². The highest BCUT2D eigenvalue weighted by Gasteiger charge is 2.03. The lowest BCUT2D eigenvalue weighted by molar-refractivity contribution is 0.316. The summed E-state index contributed by atoms with van der Waals surface area (Å²) >= 11 is 0. The Labute approximate surface area is 278 Å². The Kier molecular flexibility index (Phi) is 31.6. The monoisotopic (exact) mass is 608 g/mol. The van der Waals surface area contributed by atoms with E-state index >= 15 is 0 Å². The predicted molar refractivity (Wildman–Crippen MR) is 203 cm³/mol. The van der Waals surface area contributed by atoms with Gasteiger partial charge >= 0.3 is 0 Å². The quantitative estimate of drug-likeness (QED) is 0.101. The molecule has 0 aliphatic carbocycles. The molecule has 0 bridgehead atoms. The summed E-state index contributed by atoms with van der Waals surface area (Å²) in [5.41, 5.74) is 5.44. The van der Waals surface area contributed by atoms with Crippen LogP contribution in [-0.2, 0) is 13.0 Å². The van der Waals surface area contributed by atoms with E-state index in [0.29, 0.717) is 0 Å². The summed E-state index contributed by atoms with van der Waals surface area (Å²) in [4.78, 5) is 2.47. The second kappa shape index (κ2) is 32.8. The van der Waals surface area contributed by atoms with E-state index < -0.39 is 0 Å². The number of unbranched alkanes of at least 4 members (excludes halogenated alkanes) is 19. The van der Waals surface area contributed by atoms with Gasteiger partial charge in [-0.05, 0) is 48.7 Å². The largest absolute Gasteiger partial charge is 0.302 e. The maximum Gasteiger partial charge on any atom is 0.0230 e. The predicted octanol–water partition coefficient (Wildman–Crippen LogP) is 14.6. The molecule has 0 heterocycles. The van der Waals surface area contributed by atoms with Crippen molar-refractivity contribution in [3.05, 3.63) is 59.7 Å². The molecule has 1 nitrogen and oxygen atoms in total. The molecular weight excluding hydrogens is 530 g/mol. The van der Waals surface area contributed by atoms with Crippen LogP contribution in [0.5, 0.6) is 0 Å². The van der Waals surface area contributed by atoms with Crippen molar-refractivity contribution in [2.75, 3.05) is 13.6 Å². The third-order valence-electron chi connectivity index (χ3n) is 8.70. The molecule has 44 heavy (non-hydrogen) atoms. The third-order valence-corrected chi connectivity index (χ3v) is 8.70. The van der Waals surface area contributed by atoms with Crippen LogP contribution in [-0.4, -0.2) is 18.5 Å². The maximum atomic E-state index is 2.47. The van der Waals surface area contributed by atoms with Gasteiger partial charge in [-0.3, -0.25) is 0 Å². The Morgan fingerprint density at radius 3 is 1.00 bits per heavy atom. The Hall–Kier alpha value is -1.60. The summed E-state index contributed by atoms with van der Waals surface area (Å²) in [6.07, 6.45) is 31.1. The Balaban J connectivity index is 0.00000104. The maximum absolute atomic E-state index is 2.47. The molecule has 0 saturated carbocycles. The van der Waals surface area contributed by atoms with E-state index in [2.05, 4.69) is 88.2 Å². The third kappa shape index (κ3) is 24.7. The molecule has 0 spiro atoms. The molecule has 0 atom stereocenters. The zero-order valence-corrected chi connectivity index (χ0v) is 31.0. The van der Waals surface area contributed by atoms with Gasteiger partial charge in [0.15, 0.2) is 0 Å². The summed E-state index contributed by atoms with van der Waals surface area (Å²) in [6.45, 7) is 15.3. The van der Waals surface area contributed by atoms with Crippen molar-refractivity contribution in [1.82, 2.24) is 4.90 Å². The first-order valence-corrected chi connectivity index (χ1v) is 19.5. The second-order valence-corrected chi connectivity index (χ2v) is 12.8. The zero-order chi connectivity index (χ0) is 32.5. The van der Waals surface area contributed by atoms with Gasteiger partial charge in [0, 0.05) is 6.54 Å². The molecule has 0 aromatic heterocycles. The molecule has 1 heteroatoms. The molecule has 254 valence electrons. The highest BCUT2D eigenvalue weighted by Crippen LogP contribution is 2.21. The van der Waals surface area contributed by atoms with Gasteiger partial charge in [-0.15, -0.1) is 0 Å². The summed E-state index contributed by atoms with van der Waals surface area (Å²) < 4.78 is 0. The van der Waals surface area contributed by atoms with Gasteiger partial charge in [-0.2, -0.15) is 0 Å². The van der Waals surface area contributed by atoms with E-state index in [-0.39, 0.29) is 0 Å². The molecule has 0 fully saturated rings. The molecule has 0 N–H and O–H groups in total. The lowest BCUT2D eigenvalue weighted by Gasteiger charge is -2.17. The average Bonchev–Trinajstić information content (AvgIpc) is 3.06. The van der Waals surface area contributed by atoms with Crippen molar-refractivity contribution in [1.29, 1.82) is 0 Å². The molecule has 2 aromatic carbocycles. The van der Waals surface area contributed by atoms with Crippen LogP contribution in [0.1, 0.15) is 188 Å². The molecule has 0 aliphatic heterocycles. The fraction of sp³-hybridized carbons (Fsp3) is 0.721. The van der Waals surface area contributed by atoms with Crippen molar-refractivity contribution < 1.29 is 0 Å². The van der Waals surface area contributed by atoms with Crippen molar-refractivity contribution in [3.63, 3.8) is 0 Å². The molecule has 0 amide bonds. The normalized spacial score (nSPS) is 10.7.